The van der Waals surface area contributed by atoms with Crippen molar-refractivity contribution in [3.05, 3.63) is 0 Å². The van der Waals surface area contributed by atoms with Gasteiger partial charge in [0.2, 0.25) is 5.91 Å². The molecule has 4 unspecified atom stereocenters. The minimum Gasteiger partial charge on any atom is -0.353 e. The Balaban J connectivity index is 1.35. The van der Waals surface area contributed by atoms with Crippen LogP contribution < -0.4 is 10.6 Å². The number of carbonyl (C=O) groups excluding carboxylic acids is 1. The molecule has 100 valence electrons. The molecule has 1 saturated heterocycles. The first-order valence-corrected chi connectivity index (χ1v) is 7.78. The molecule has 4 aliphatic rings. The Hall–Kier alpha value is -0.570. The highest BCUT2D eigenvalue weighted by Gasteiger charge is 2.58. The predicted molar refractivity (Wildman–Crippen MR) is 70.0 cm³/mol. The van der Waals surface area contributed by atoms with Gasteiger partial charge in [-0.3, -0.25) is 4.79 Å². The number of fused-ring (bicyclic) bond motifs is 2. The van der Waals surface area contributed by atoms with Crippen LogP contribution in [0.25, 0.3) is 0 Å². The van der Waals surface area contributed by atoms with Crippen molar-refractivity contribution < 1.29 is 4.79 Å². The summed E-state index contributed by atoms with van der Waals surface area (Å²) in [5.74, 6) is 2.46. The molecule has 0 aromatic heterocycles. The molecule has 1 spiro atoms. The van der Waals surface area contributed by atoms with Crippen LogP contribution in [0.4, 0.5) is 0 Å². The molecule has 1 aliphatic heterocycles. The highest BCUT2D eigenvalue weighted by molar-refractivity contribution is 5.83. The van der Waals surface area contributed by atoms with Gasteiger partial charge in [-0.2, -0.15) is 0 Å². The Labute approximate surface area is 109 Å². The Morgan fingerprint density at radius 1 is 1.17 bits per heavy atom. The molecule has 4 fully saturated rings. The van der Waals surface area contributed by atoms with Gasteiger partial charge in [-0.15, -0.1) is 0 Å². The van der Waals surface area contributed by atoms with Crippen LogP contribution in [-0.4, -0.2) is 25.0 Å². The Morgan fingerprint density at radius 3 is 2.67 bits per heavy atom. The zero-order chi connectivity index (χ0) is 12.2. The standard InChI is InChI=1S/C15H24N2O/c18-14(12-9-15(12)3-5-16-6-4-15)17-13-8-10-1-2-11(13)7-10/h10-13,16H,1-9H2,(H,17,18). The third-order valence-corrected chi connectivity index (χ3v) is 6.17. The van der Waals surface area contributed by atoms with Gasteiger partial charge in [-0.25, -0.2) is 0 Å². The highest BCUT2D eigenvalue weighted by atomic mass is 16.2. The molecule has 0 radical (unpaired) electrons. The van der Waals surface area contributed by atoms with E-state index in [-0.39, 0.29) is 0 Å². The largest absolute Gasteiger partial charge is 0.353 e. The molecule has 3 heteroatoms. The molecular weight excluding hydrogens is 224 g/mol. The van der Waals surface area contributed by atoms with E-state index in [0.717, 1.165) is 31.3 Å². The summed E-state index contributed by atoms with van der Waals surface area (Å²) in [6.07, 6.45) is 8.98. The van der Waals surface area contributed by atoms with Crippen LogP contribution in [0, 0.1) is 23.2 Å². The monoisotopic (exact) mass is 248 g/mol. The van der Waals surface area contributed by atoms with Gasteiger partial charge in [-0.05, 0) is 68.9 Å². The Bertz CT molecular complexity index is 362. The third kappa shape index (κ3) is 1.70. The zero-order valence-corrected chi connectivity index (χ0v) is 11.1. The summed E-state index contributed by atoms with van der Waals surface area (Å²) in [5, 5.41) is 6.79. The van der Waals surface area contributed by atoms with Gasteiger partial charge < -0.3 is 10.6 Å². The average molecular weight is 248 g/mol. The molecule has 18 heavy (non-hydrogen) atoms. The third-order valence-electron chi connectivity index (χ3n) is 6.17. The lowest BCUT2D eigenvalue weighted by Gasteiger charge is -2.26. The van der Waals surface area contributed by atoms with Crippen molar-refractivity contribution in [3.8, 4) is 0 Å². The minimum atomic E-state index is 0.346. The number of piperidine rings is 1. The topological polar surface area (TPSA) is 41.1 Å². The number of rotatable bonds is 2. The lowest BCUT2D eigenvalue weighted by Crippen LogP contribution is -2.41. The van der Waals surface area contributed by atoms with Crippen molar-refractivity contribution in [2.75, 3.05) is 13.1 Å². The minimum absolute atomic E-state index is 0.346. The Kier molecular flexibility index (Phi) is 2.48. The highest BCUT2D eigenvalue weighted by Crippen LogP contribution is 2.58. The van der Waals surface area contributed by atoms with Gasteiger partial charge in [0.15, 0.2) is 0 Å². The van der Waals surface area contributed by atoms with Crippen molar-refractivity contribution in [3.63, 3.8) is 0 Å². The van der Waals surface area contributed by atoms with E-state index < -0.39 is 0 Å². The quantitative estimate of drug-likeness (QED) is 0.780. The molecule has 0 aromatic carbocycles. The average Bonchev–Trinajstić information content (AvgIpc) is 2.76. The number of amides is 1. The summed E-state index contributed by atoms with van der Waals surface area (Å²) in [5.41, 5.74) is 0.396. The summed E-state index contributed by atoms with van der Waals surface area (Å²) in [6, 6.07) is 0.524. The number of hydrogen-bond acceptors (Lipinski definition) is 2. The van der Waals surface area contributed by atoms with E-state index in [1.807, 2.05) is 0 Å². The number of hydrogen-bond donors (Lipinski definition) is 2. The fourth-order valence-corrected chi connectivity index (χ4v) is 4.90. The van der Waals surface area contributed by atoms with Gasteiger partial charge >= 0.3 is 0 Å². The van der Waals surface area contributed by atoms with Crippen LogP contribution in [0.1, 0.15) is 44.9 Å². The molecule has 2 bridgehead atoms. The fraction of sp³-hybridized carbons (Fsp3) is 0.933. The van der Waals surface area contributed by atoms with Crippen LogP contribution >= 0.6 is 0 Å². The summed E-state index contributed by atoms with van der Waals surface area (Å²) in [4.78, 5) is 12.4. The lowest BCUT2D eigenvalue weighted by atomic mass is 9.91. The molecule has 3 nitrogen and oxygen atoms in total. The van der Waals surface area contributed by atoms with E-state index in [1.54, 1.807) is 0 Å². The second kappa shape index (κ2) is 3.96. The van der Waals surface area contributed by atoms with E-state index in [4.69, 9.17) is 0 Å². The molecule has 4 atom stereocenters. The first-order chi connectivity index (χ1) is 8.77. The van der Waals surface area contributed by atoms with E-state index in [2.05, 4.69) is 10.6 Å². The summed E-state index contributed by atoms with van der Waals surface area (Å²) in [7, 11) is 0. The van der Waals surface area contributed by atoms with Crippen molar-refractivity contribution in [2.45, 2.75) is 51.0 Å². The first kappa shape index (κ1) is 11.3. The predicted octanol–water partition coefficient (Wildman–Crippen LogP) is 1.68. The molecule has 1 amide bonds. The van der Waals surface area contributed by atoms with Crippen LogP contribution in [0.2, 0.25) is 0 Å². The zero-order valence-electron chi connectivity index (χ0n) is 11.1. The maximum Gasteiger partial charge on any atom is 0.223 e. The second-order valence-corrected chi connectivity index (χ2v) is 7.16. The molecule has 3 saturated carbocycles. The number of nitrogens with one attached hydrogen (secondary N) is 2. The van der Waals surface area contributed by atoms with Gasteiger partial charge in [-0.1, -0.05) is 6.42 Å². The molecule has 2 N–H and O–H groups in total. The molecule has 0 aromatic rings. The lowest BCUT2D eigenvalue weighted by molar-refractivity contribution is -0.124. The SMILES string of the molecule is O=C(NC1CC2CCC1C2)C1CC12CCNCC2. The van der Waals surface area contributed by atoms with E-state index in [0.29, 0.717) is 23.3 Å². The van der Waals surface area contributed by atoms with Crippen molar-refractivity contribution in [2.24, 2.45) is 23.2 Å². The normalized spacial score (nSPS) is 44.2. The van der Waals surface area contributed by atoms with Crippen LogP contribution in [0.15, 0.2) is 0 Å². The van der Waals surface area contributed by atoms with Gasteiger partial charge in [0.1, 0.15) is 0 Å². The fourth-order valence-electron chi connectivity index (χ4n) is 4.90. The van der Waals surface area contributed by atoms with Crippen molar-refractivity contribution in [1.29, 1.82) is 0 Å². The van der Waals surface area contributed by atoms with Gasteiger partial charge in [0, 0.05) is 12.0 Å². The maximum atomic E-state index is 12.4. The smallest absolute Gasteiger partial charge is 0.223 e. The summed E-state index contributed by atoms with van der Waals surface area (Å²) >= 11 is 0. The molecule has 1 heterocycles. The maximum absolute atomic E-state index is 12.4. The summed E-state index contributed by atoms with van der Waals surface area (Å²) < 4.78 is 0. The van der Waals surface area contributed by atoms with E-state index in [9.17, 15) is 4.79 Å². The van der Waals surface area contributed by atoms with Crippen molar-refractivity contribution in [1.82, 2.24) is 10.6 Å². The molecular formula is C15H24N2O. The Morgan fingerprint density at radius 2 is 2.00 bits per heavy atom. The number of carbonyl (C=O) groups is 1. The van der Waals surface area contributed by atoms with Gasteiger partial charge in [0.05, 0.1) is 0 Å². The van der Waals surface area contributed by atoms with E-state index in [1.165, 1.54) is 38.5 Å². The van der Waals surface area contributed by atoms with Gasteiger partial charge in [0.25, 0.3) is 0 Å². The molecule has 3 aliphatic carbocycles. The van der Waals surface area contributed by atoms with Crippen LogP contribution in [0.3, 0.4) is 0 Å². The van der Waals surface area contributed by atoms with Crippen LogP contribution in [0.5, 0.6) is 0 Å². The first-order valence-electron chi connectivity index (χ1n) is 7.78. The summed E-state index contributed by atoms with van der Waals surface area (Å²) in [6.45, 7) is 2.22. The molecule has 4 rings (SSSR count). The van der Waals surface area contributed by atoms with E-state index >= 15 is 0 Å². The van der Waals surface area contributed by atoms with Crippen molar-refractivity contribution >= 4 is 5.91 Å². The van der Waals surface area contributed by atoms with Crippen LogP contribution in [-0.2, 0) is 4.79 Å². The second-order valence-electron chi connectivity index (χ2n) is 7.16.